The molecule has 6 nitrogen and oxygen atoms in total. The number of furan rings is 1. The number of para-hydroxylation sites is 1. The summed E-state index contributed by atoms with van der Waals surface area (Å²) in [6.07, 6.45) is 0.410. The van der Waals surface area contributed by atoms with Crippen molar-refractivity contribution in [3.8, 4) is 5.75 Å². The molecule has 3 aromatic carbocycles. The van der Waals surface area contributed by atoms with Crippen LogP contribution in [0.25, 0.3) is 11.0 Å². The highest BCUT2D eigenvalue weighted by Crippen LogP contribution is 2.33. The van der Waals surface area contributed by atoms with Crippen LogP contribution in [0.15, 0.2) is 71.1 Å². The number of hydrogen-bond acceptors (Lipinski definition) is 6. The van der Waals surface area contributed by atoms with Crippen molar-refractivity contribution in [2.24, 2.45) is 0 Å². The number of likely N-dealkylation sites (N-methyl/N-ethyl adjacent to an activating group) is 1. The summed E-state index contributed by atoms with van der Waals surface area (Å²) in [7, 11) is 0. The SMILES string of the molecule is CCC(C)OC(=O)Cc1oc2ccccc2c1C(=O)c1cc(I)c(OCCN(CC)Cc2ccccc2)c(I)c1. The van der Waals surface area contributed by atoms with Gasteiger partial charge in [-0.1, -0.05) is 62.4 Å². The molecule has 0 radical (unpaired) electrons. The van der Waals surface area contributed by atoms with Crippen molar-refractivity contribution in [1.82, 2.24) is 4.90 Å². The van der Waals surface area contributed by atoms with Crippen molar-refractivity contribution >= 4 is 67.9 Å². The number of esters is 1. The van der Waals surface area contributed by atoms with Crippen LogP contribution in [0.2, 0.25) is 0 Å². The number of halogens is 2. The van der Waals surface area contributed by atoms with Crippen LogP contribution < -0.4 is 4.74 Å². The van der Waals surface area contributed by atoms with Gasteiger partial charge in [-0.25, -0.2) is 0 Å². The highest BCUT2D eigenvalue weighted by atomic mass is 127. The zero-order valence-electron chi connectivity index (χ0n) is 22.9. The van der Waals surface area contributed by atoms with Crippen molar-refractivity contribution in [3.05, 3.63) is 96.3 Å². The molecule has 210 valence electrons. The molecular formula is C32H33I2NO5. The summed E-state index contributed by atoms with van der Waals surface area (Å²) in [6, 6.07) is 21.4. The van der Waals surface area contributed by atoms with Gasteiger partial charge in [-0.05, 0) is 88.8 Å². The standard InChI is InChI=1S/C32H33I2NO5/c1-4-21(3)39-29(36)19-28-30(24-13-9-10-14-27(24)40-28)31(37)23-17-25(33)32(26(34)18-23)38-16-15-35(5-2)20-22-11-7-6-8-12-22/h6-14,17-18,21H,4-5,15-16,19-20H2,1-3H3. The van der Waals surface area contributed by atoms with Gasteiger partial charge < -0.3 is 13.9 Å². The summed E-state index contributed by atoms with van der Waals surface area (Å²) in [4.78, 5) is 28.8. The molecule has 1 heterocycles. The molecule has 0 N–H and O–H groups in total. The van der Waals surface area contributed by atoms with E-state index in [1.165, 1.54) is 5.56 Å². The van der Waals surface area contributed by atoms with Crippen LogP contribution in [-0.2, 0) is 22.5 Å². The Labute approximate surface area is 262 Å². The molecule has 4 aromatic rings. The average molecular weight is 765 g/mol. The Morgan fingerprint density at radius 3 is 2.33 bits per heavy atom. The number of carbonyl (C=O) groups is 2. The molecule has 1 aromatic heterocycles. The van der Waals surface area contributed by atoms with Gasteiger partial charge in [-0.2, -0.15) is 0 Å². The van der Waals surface area contributed by atoms with Gasteiger partial charge in [-0.3, -0.25) is 14.5 Å². The van der Waals surface area contributed by atoms with E-state index >= 15 is 0 Å². The number of rotatable bonds is 13. The first-order chi connectivity index (χ1) is 19.3. The molecule has 40 heavy (non-hydrogen) atoms. The van der Waals surface area contributed by atoms with Crippen LogP contribution in [-0.4, -0.2) is 42.5 Å². The minimum absolute atomic E-state index is 0.105. The van der Waals surface area contributed by atoms with E-state index in [9.17, 15) is 9.59 Å². The number of ketones is 1. The second-order valence-corrected chi connectivity index (χ2v) is 11.9. The fourth-order valence-corrected chi connectivity index (χ4v) is 6.47. The first kappa shape index (κ1) is 30.5. The second-order valence-electron chi connectivity index (χ2n) is 9.58. The average Bonchev–Trinajstić information content (AvgIpc) is 3.31. The molecule has 0 aliphatic carbocycles. The minimum Gasteiger partial charge on any atom is -0.490 e. The number of hydrogen-bond donors (Lipinski definition) is 0. The Morgan fingerprint density at radius 2 is 1.65 bits per heavy atom. The molecule has 4 rings (SSSR count). The summed E-state index contributed by atoms with van der Waals surface area (Å²) >= 11 is 4.44. The largest absolute Gasteiger partial charge is 0.490 e. The van der Waals surface area contributed by atoms with Gasteiger partial charge >= 0.3 is 5.97 Å². The zero-order valence-corrected chi connectivity index (χ0v) is 27.2. The quantitative estimate of drug-likeness (QED) is 0.0792. The predicted octanol–water partition coefficient (Wildman–Crippen LogP) is 7.66. The summed E-state index contributed by atoms with van der Waals surface area (Å²) in [5.74, 6) is 0.480. The number of ether oxygens (including phenoxy) is 2. The molecule has 0 spiro atoms. The molecule has 0 fully saturated rings. The predicted molar refractivity (Wildman–Crippen MR) is 174 cm³/mol. The minimum atomic E-state index is -0.413. The van der Waals surface area contributed by atoms with Gasteiger partial charge in [0.05, 0.1) is 18.8 Å². The normalized spacial score (nSPS) is 12.1. The van der Waals surface area contributed by atoms with Crippen molar-refractivity contribution < 1.29 is 23.5 Å². The Hall–Kier alpha value is -2.44. The van der Waals surface area contributed by atoms with E-state index in [1.54, 1.807) is 6.07 Å². The number of benzene rings is 3. The van der Waals surface area contributed by atoms with Gasteiger partial charge in [0, 0.05) is 24.0 Å². The number of fused-ring (bicyclic) bond motifs is 1. The third-order valence-electron chi connectivity index (χ3n) is 6.72. The Morgan fingerprint density at radius 1 is 0.975 bits per heavy atom. The monoisotopic (exact) mass is 765 g/mol. The molecule has 0 aliphatic heterocycles. The molecular weight excluding hydrogens is 732 g/mol. The molecule has 0 amide bonds. The molecule has 0 saturated heterocycles. The van der Waals surface area contributed by atoms with Crippen LogP contribution in [0.4, 0.5) is 0 Å². The maximum atomic E-state index is 13.9. The first-order valence-electron chi connectivity index (χ1n) is 13.4. The van der Waals surface area contributed by atoms with Crippen molar-refractivity contribution in [2.75, 3.05) is 19.7 Å². The number of nitrogens with zero attached hydrogens (tertiary/aromatic N) is 1. The number of carbonyl (C=O) groups excluding carboxylic acids is 2. The van der Waals surface area contributed by atoms with Crippen molar-refractivity contribution in [3.63, 3.8) is 0 Å². The van der Waals surface area contributed by atoms with Gasteiger partial charge in [0.1, 0.15) is 30.1 Å². The third kappa shape index (κ3) is 7.64. The van der Waals surface area contributed by atoms with Crippen molar-refractivity contribution in [2.45, 2.75) is 46.3 Å². The maximum absolute atomic E-state index is 13.9. The lowest BCUT2D eigenvalue weighted by Gasteiger charge is -2.21. The van der Waals surface area contributed by atoms with Crippen LogP contribution in [0, 0.1) is 7.14 Å². The van der Waals surface area contributed by atoms with Gasteiger partial charge in [0.25, 0.3) is 0 Å². The van der Waals surface area contributed by atoms with E-state index in [0.717, 1.165) is 32.5 Å². The summed E-state index contributed by atoms with van der Waals surface area (Å²) in [6.45, 7) is 9.06. The summed E-state index contributed by atoms with van der Waals surface area (Å²) in [5.41, 5.74) is 2.76. The van der Waals surface area contributed by atoms with Crippen LogP contribution in [0.1, 0.15) is 54.4 Å². The lowest BCUT2D eigenvalue weighted by atomic mass is 9.99. The smallest absolute Gasteiger partial charge is 0.313 e. The van der Waals surface area contributed by atoms with E-state index in [4.69, 9.17) is 13.9 Å². The highest BCUT2D eigenvalue weighted by molar-refractivity contribution is 14.1. The topological polar surface area (TPSA) is 69.0 Å². The van der Waals surface area contributed by atoms with Gasteiger partial charge in [0.15, 0.2) is 5.78 Å². The Balaban J connectivity index is 1.52. The summed E-state index contributed by atoms with van der Waals surface area (Å²) in [5, 5.41) is 0.683. The fraction of sp³-hybridized carbons (Fsp3) is 0.312. The van der Waals surface area contributed by atoms with E-state index < -0.39 is 5.97 Å². The molecule has 0 saturated carbocycles. The zero-order chi connectivity index (χ0) is 28.6. The highest BCUT2D eigenvalue weighted by Gasteiger charge is 2.26. The van der Waals surface area contributed by atoms with Crippen molar-refractivity contribution in [1.29, 1.82) is 0 Å². The third-order valence-corrected chi connectivity index (χ3v) is 8.32. The van der Waals surface area contributed by atoms with E-state index in [1.807, 2.05) is 50.2 Å². The lowest BCUT2D eigenvalue weighted by molar-refractivity contribution is -0.147. The summed E-state index contributed by atoms with van der Waals surface area (Å²) < 4.78 is 19.4. The van der Waals surface area contributed by atoms with E-state index in [-0.39, 0.29) is 18.3 Å². The fourth-order valence-electron chi connectivity index (χ4n) is 4.39. The Bertz CT molecular complexity index is 1440. The first-order valence-corrected chi connectivity index (χ1v) is 15.6. The molecule has 1 unspecified atom stereocenters. The molecule has 1 atom stereocenters. The van der Waals surface area contributed by atoms with Gasteiger partial charge in [-0.15, -0.1) is 0 Å². The van der Waals surface area contributed by atoms with E-state index in [2.05, 4.69) is 81.3 Å². The molecule has 0 aliphatic rings. The van der Waals surface area contributed by atoms with Crippen LogP contribution in [0.5, 0.6) is 5.75 Å². The second kappa shape index (κ2) is 14.5. The van der Waals surface area contributed by atoms with Crippen LogP contribution in [0.3, 0.4) is 0 Å². The lowest BCUT2D eigenvalue weighted by Crippen LogP contribution is -2.28. The molecule has 8 heteroatoms. The Kier molecular flexibility index (Phi) is 11.0. The van der Waals surface area contributed by atoms with Gasteiger partial charge in [0.2, 0.25) is 0 Å². The van der Waals surface area contributed by atoms with Crippen LogP contribution >= 0.6 is 45.2 Å². The van der Waals surface area contributed by atoms with E-state index in [0.29, 0.717) is 40.9 Å². The maximum Gasteiger partial charge on any atom is 0.313 e. The molecule has 0 bridgehead atoms.